The molecule has 8 heteroatoms. The number of fused-ring (bicyclic) bond motifs is 1. The van der Waals surface area contributed by atoms with Gasteiger partial charge < -0.3 is 19.1 Å². The van der Waals surface area contributed by atoms with E-state index in [9.17, 15) is 9.59 Å². The number of rotatable bonds is 10. The highest BCUT2D eigenvalue weighted by Crippen LogP contribution is 2.28. The number of hydrogen-bond acceptors (Lipinski definition) is 6. The molecule has 3 aromatic carbocycles. The van der Waals surface area contributed by atoms with Crippen LogP contribution in [0.4, 0.5) is 9.59 Å². The van der Waals surface area contributed by atoms with Gasteiger partial charge in [-0.3, -0.25) is 4.90 Å². The first kappa shape index (κ1) is 29.2. The first-order chi connectivity index (χ1) is 20.5. The number of piperidine rings is 1. The molecule has 220 valence electrons. The van der Waals surface area contributed by atoms with E-state index in [1.165, 1.54) is 15.7 Å². The van der Waals surface area contributed by atoms with Crippen molar-refractivity contribution in [2.45, 2.75) is 51.9 Å². The normalized spacial score (nSPS) is 14.6. The maximum Gasteiger partial charge on any atom is 0.421 e. The highest BCUT2D eigenvalue weighted by atomic mass is 16.6. The molecule has 1 saturated heterocycles. The molecular formula is C34H39N3O5. The largest absolute Gasteiger partial charge is 0.475 e. The molecule has 1 atom stereocenters. The van der Waals surface area contributed by atoms with Crippen molar-refractivity contribution in [3.63, 3.8) is 0 Å². The summed E-state index contributed by atoms with van der Waals surface area (Å²) in [5, 5.41) is 0.907. The molecule has 0 bridgehead atoms. The molecular weight excluding hydrogens is 530 g/mol. The third kappa shape index (κ3) is 7.31. The number of carbonyl (C=O) groups is 2. The second kappa shape index (κ2) is 14.0. The highest BCUT2D eigenvalue weighted by Gasteiger charge is 2.28. The van der Waals surface area contributed by atoms with Crippen LogP contribution in [0.5, 0.6) is 5.88 Å². The van der Waals surface area contributed by atoms with Crippen molar-refractivity contribution in [3.8, 4) is 5.88 Å². The fourth-order valence-corrected chi connectivity index (χ4v) is 5.31. The van der Waals surface area contributed by atoms with E-state index < -0.39 is 6.09 Å². The number of nitrogens with zero attached hydrogens (tertiary/aromatic N) is 3. The maximum absolute atomic E-state index is 13.0. The Morgan fingerprint density at radius 1 is 0.833 bits per heavy atom. The fourth-order valence-electron chi connectivity index (χ4n) is 5.31. The monoisotopic (exact) mass is 569 g/mol. The second-order valence-electron chi connectivity index (χ2n) is 10.7. The zero-order valence-electron chi connectivity index (χ0n) is 24.4. The predicted molar refractivity (Wildman–Crippen MR) is 163 cm³/mol. The first-order valence-electron chi connectivity index (χ1n) is 14.7. The summed E-state index contributed by atoms with van der Waals surface area (Å²) in [4.78, 5) is 29.8. The molecule has 0 saturated carbocycles. The Morgan fingerprint density at radius 2 is 1.43 bits per heavy atom. The lowest BCUT2D eigenvalue weighted by molar-refractivity contribution is 0.0451. The van der Waals surface area contributed by atoms with Crippen LogP contribution in [0, 0.1) is 0 Å². The minimum absolute atomic E-state index is 0.0278. The van der Waals surface area contributed by atoms with Crippen molar-refractivity contribution < 1.29 is 23.8 Å². The van der Waals surface area contributed by atoms with Gasteiger partial charge in [0.2, 0.25) is 5.88 Å². The Hall–Kier alpha value is -4.30. The zero-order valence-corrected chi connectivity index (χ0v) is 24.4. The minimum atomic E-state index is -0.461. The van der Waals surface area contributed by atoms with Gasteiger partial charge in [0, 0.05) is 56.5 Å². The van der Waals surface area contributed by atoms with Gasteiger partial charge in [-0.25, -0.2) is 14.2 Å². The van der Waals surface area contributed by atoms with E-state index in [4.69, 9.17) is 14.2 Å². The molecule has 8 nitrogen and oxygen atoms in total. The van der Waals surface area contributed by atoms with Gasteiger partial charge >= 0.3 is 12.2 Å². The SMILES string of the molecule is CCOC(=O)n1c(OC2CCN(C(=O)OC[C@H](C)N(Cc3ccccc3)Cc3ccccc3)CC2)cc2ccccc21. The summed E-state index contributed by atoms with van der Waals surface area (Å²) in [6, 6.07) is 30.2. The lowest BCUT2D eigenvalue weighted by Gasteiger charge is -2.33. The van der Waals surface area contributed by atoms with Gasteiger partial charge in [0.25, 0.3) is 0 Å². The van der Waals surface area contributed by atoms with Gasteiger partial charge in [-0.15, -0.1) is 0 Å². The Balaban J connectivity index is 1.15. The molecule has 1 aliphatic rings. The third-order valence-electron chi connectivity index (χ3n) is 7.64. The minimum Gasteiger partial charge on any atom is -0.475 e. The van der Waals surface area contributed by atoms with E-state index in [0.717, 1.165) is 24.0 Å². The third-order valence-corrected chi connectivity index (χ3v) is 7.64. The van der Waals surface area contributed by atoms with Gasteiger partial charge in [0.1, 0.15) is 12.7 Å². The van der Waals surface area contributed by atoms with Crippen LogP contribution < -0.4 is 4.74 Å². The van der Waals surface area contributed by atoms with Crippen LogP contribution in [-0.2, 0) is 22.6 Å². The average Bonchev–Trinajstić information content (AvgIpc) is 3.39. The van der Waals surface area contributed by atoms with Gasteiger partial charge in [-0.2, -0.15) is 0 Å². The molecule has 5 rings (SSSR count). The first-order valence-corrected chi connectivity index (χ1v) is 14.7. The number of benzene rings is 3. The van der Waals surface area contributed by atoms with Gasteiger partial charge in [-0.05, 0) is 31.0 Å². The molecule has 1 aliphatic heterocycles. The number of amides is 1. The lowest BCUT2D eigenvalue weighted by atomic mass is 10.1. The zero-order chi connectivity index (χ0) is 29.3. The summed E-state index contributed by atoms with van der Waals surface area (Å²) in [6.07, 6.45) is 0.391. The van der Waals surface area contributed by atoms with Crippen LogP contribution in [0.15, 0.2) is 91.0 Å². The molecule has 0 radical (unpaired) electrons. The summed E-state index contributed by atoms with van der Waals surface area (Å²) in [5.41, 5.74) is 3.18. The summed E-state index contributed by atoms with van der Waals surface area (Å²) in [7, 11) is 0. The van der Waals surface area contributed by atoms with Crippen molar-refractivity contribution >= 4 is 23.1 Å². The average molecular weight is 570 g/mol. The van der Waals surface area contributed by atoms with Crippen molar-refractivity contribution in [3.05, 3.63) is 102 Å². The van der Waals surface area contributed by atoms with Crippen molar-refractivity contribution in [2.24, 2.45) is 0 Å². The van der Waals surface area contributed by atoms with Crippen LogP contribution >= 0.6 is 0 Å². The molecule has 0 aliphatic carbocycles. The topological polar surface area (TPSA) is 73.2 Å². The van der Waals surface area contributed by atoms with Crippen LogP contribution in [0.25, 0.3) is 10.9 Å². The Kier molecular flexibility index (Phi) is 9.77. The van der Waals surface area contributed by atoms with Gasteiger partial charge in [-0.1, -0.05) is 78.9 Å². The lowest BCUT2D eigenvalue weighted by Crippen LogP contribution is -2.44. The molecule has 0 N–H and O–H groups in total. The maximum atomic E-state index is 13.0. The van der Waals surface area contributed by atoms with Crippen molar-refractivity contribution in [1.29, 1.82) is 0 Å². The Bertz CT molecular complexity index is 1410. The van der Waals surface area contributed by atoms with Crippen LogP contribution in [0.3, 0.4) is 0 Å². The molecule has 1 aromatic heterocycles. The number of para-hydroxylation sites is 1. The van der Waals surface area contributed by atoms with Gasteiger partial charge in [0.15, 0.2) is 0 Å². The molecule has 2 heterocycles. The number of likely N-dealkylation sites (tertiary alicyclic amines) is 1. The summed E-state index contributed by atoms with van der Waals surface area (Å²) < 4.78 is 18.9. The summed E-state index contributed by atoms with van der Waals surface area (Å²) >= 11 is 0. The fraction of sp³-hybridized carbons (Fsp3) is 0.353. The van der Waals surface area contributed by atoms with E-state index >= 15 is 0 Å². The molecule has 0 unspecified atom stereocenters. The van der Waals surface area contributed by atoms with E-state index in [0.29, 0.717) is 38.4 Å². The van der Waals surface area contributed by atoms with E-state index in [2.05, 4.69) is 36.1 Å². The Morgan fingerprint density at radius 3 is 2.05 bits per heavy atom. The molecule has 4 aromatic rings. The molecule has 0 spiro atoms. The van der Waals surface area contributed by atoms with Crippen molar-refractivity contribution in [1.82, 2.24) is 14.4 Å². The van der Waals surface area contributed by atoms with Crippen LogP contribution in [0.2, 0.25) is 0 Å². The number of carbonyl (C=O) groups excluding carboxylic acids is 2. The van der Waals surface area contributed by atoms with Gasteiger partial charge in [0.05, 0.1) is 12.1 Å². The second-order valence-corrected chi connectivity index (χ2v) is 10.7. The number of aromatic nitrogens is 1. The van der Waals surface area contributed by atoms with Crippen molar-refractivity contribution in [2.75, 3.05) is 26.3 Å². The smallest absolute Gasteiger partial charge is 0.421 e. The Labute approximate surface area is 247 Å². The van der Waals surface area contributed by atoms with E-state index in [1.807, 2.05) is 66.7 Å². The molecule has 1 fully saturated rings. The molecule has 42 heavy (non-hydrogen) atoms. The quantitative estimate of drug-likeness (QED) is 0.211. The highest BCUT2D eigenvalue weighted by molar-refractivity contribution is 5.92. The summed E-state index contributed by atoms with van der Waals surface area (Å²) in [5.74, 6) is 0.460. The van der Waals surface area contributed by atoms with E-state index in [-0.39, 0.29) is 24.8 Å². The number of hydrogen-bond donors (Lipinski definition) is 0. The van der Waals surface area contributed by atoms with Crippen LogP contribution in [-0.4, -0.2) is 65.0 Å². The van der Waals surface area contributed by atoms with E-state index in [1.54, 1.807) is 11.8 Å². The predicted octanol–water partition coefficient (Wildman–Crippen LogP) is 6.72. The number of ether oxygens (including phenoxy) is 3. The van der Waals surface area contributed by atoms with Crippen LogP contribution in [0.1, 0.15) is 37.8 Å². The summed E-state index contributed by atoms with van der Waals surface area (Å²) in [6.45, 7) is 7.03. The molecule has 1 amide bonds. The standard InChI is InChI=1S/C34H39N3O5/c1-3-40-34(39)37-31-17-11-10-16-29(31)22-32(37)42-30-18-20-35(21-19-30)33(38)41-25-26(2)36(23-27-12-6-4-7-13-27)24-28-14-8-5-9-15-28/h4-17,22,26,30H,3,18-21,23-25H2,1-2H3/t26-/m0/s1.